The van der Waals surface area contributed by atoms with Gasteiger partial charge in [0.15, 0.2) is 0 Å². The van der Waals surface area contributed by atoms with Gasteiger partial charge in [0, 0.05) is 12.1 Å². The molecule has 0 aliphatic heterocycles. The summed E-state index contributed by atoms with van der Waals surface area (Å²) < 4.78 is 6.21. The Hall–Kier alpha value is -1.02. The van der Waals surface area contributed by atoms with E-state index in [0.29, 0.717) is 0 Å². The highest BCUT2D eigenvalue weighted by Gasteiger charge is 2.16. The number of aryl methyl sites for hydroxylation is 2. The standard InChI is InChI=1S/C18H29NO/c1-5-7-17(13-19-18(2,3)4)20-16-11-10-14-8-6-9-15(14)12-16/h10-12,17,19H,5-9,13H2,1-4H3. The summed E-state index contributed by atoms with van der Waals surface area (Å²) in [7, 11) is 0. The lowest BCUT2D eigenvalue weighted by Crippen LogP contribution is -2.42. The highest BCUT2D eigenvalue weighted by Crippen LogP contribution is 2.26. The van der Waals surface area contributed by atoms with Gasteiger partial charge in [-0.15, -0.1) is 0 Å². The maximum atomic E-state index is 6.21. The Kier molecular flexibility index (Phi) is 5.09. The van der Waals surface area contributed by atoms with Gasteiger partial charge in [-0.2, -0.15) is 0 Å². The van der Waals surface area contributed by atoms with Crippen LogP contribution in [0.3, 0.4) is 0 Å². The van der Waals surface area contributed by atoms with Crippen LogP contribution >= 0.6 is 0 Å². The third kappa shape index (κ3) is 4.52. The van der Waals surface area contributed by atoms with Crippen molar-refractivity contribution in [2.45, 2.75) is 71.4 Å². The first kappa shape index (κ1) is 15.4. The molecule has 1 aromatic carbocycles. The summed E-state index contributed by atoms with van der Waals surface area (Å²) in [6.07, 6.45) is 6.26. The van der Waals surface area contributed by atoms with Crippen molar-refractivity contribution < 1.29 is 4.74 Å². The Bertz CT molecular complexity index is 434. The Labute approximate surface area is 123 Å². The number of ether oxygens (including phenoxy) is 1. The summed E-state index contributed by atoms with van der Waals surface area (Å²) in [5, 5.41) is 3.55. The topological polar surface area (TPSA) is 21.3 Å². The molecule has 20 heavy (non-hydrogen) atoms. The fourth-order valence-electron chi connectivity index (χ4n) is 2.76. The van der Waals surface area contributed by atoms with Crippen LogP contribution in [0.4, 0.5) is 0 Å². The molecule has 1 atom stereocenters. The zero-order chi connectivity index (χ0) is 14.6. The molecular formula is C18H29NO. The van der Waals surface area contributed by atoms with E-state index in [9.17, 15) is 0 Å². The van der Waals surface area contributed by atoms with Crippen LogP contribution in [0.5, 0.6) is 5.75 Å². The number of nitrogens with one attached hydrogen (secondary N) is 1. The van der Waals surface area contributed by atoms with Gasteiger partial charge < -0.3 is 10.1 Å². The lowest BCUT2D eigenvalue weighted by Gasteiger charge is -2.26. The van der Waals surface area contributed by atoms with Crippen LogP contribution in [0, 0.1) is 0 Å². The SMILES string of the molecule is CCCC(CNC(C)(C)C)Oc1ccc2c(c1)CCC2. The van der Waals surface area contributed by atoms with Crippen molar-refractivity contribution in [2.24, 2.45) is 0 Å². The minimum absolute atomic E-state index is 0.146. The van der Waals surface area contributed by atoms with Crippen LogP contribution in [0.1, 0.15) is 58.1 Å². The van der Waals surface area contributed by atoms with Gasteiger partial charge in [-0.25, -0.2) is 0 Å². The van der Waals surface area contributed by atoms with Crippen LogP contribution in [0.2, 0.25) is 0 Å². The van der Waals surface area contributed by atoms with E-state index in [-0.39, 0.29) is 11.6 Å². The number of rotatable bonds is 6. The molecule has 0 amide bonds. The number of hydrogen-bond donors (Lipinski definition) is 1. The molecular weight excluding hydrogens is 246 g/mol. The number of benzene rings is 1. The van der Waals surface area contributed by atoms with Crippen LogP contribution in [-0.4, -0.2) is 18.2 Å². The van der Waals surface area contributed by atoms with Gasteiger partial charge in [0.05, 0.1) is 0 Å². The molecule has 2 heteroatoms. The van der Waals surface area contributed by atoms with Gasteiger partial charge in [0.1, 0.15) is 11.9 Å². The first-order valence-electron chi connectivity index (χ1n) is 8.01. The third-order valence-corrected chi connectivity index (χ3v) is 3.84. The number of fused-ring (bicyclic) bond motifs is 1. The lowest BCUT2D eigenvalue weighted by molar-refractivity contribution is 0.175. The van der Waals surface area contributed by atoms with Crippen molar-refractivity contribution >= 4 is 0 Å². The molecule has 1 aliphatic carbocycles. The zero-order valence-electron chi connectivity index (χ0n) is 13.5. The molecule has 1 aliphatic rings. The van der Waals surface area contributed by atoms with E-state index in [2.05, 4.69) is 51.2 Å². The molecule has 0 radical (unpaired) electrons. The minimum atomic E-state index is 0.146. The van der Waals surface area contributed by atoms with Crippen LogP contribution in [0.25, 0.3) is 0 Å². The second kappa shape index (κ2) is 6.62. The quantitative estimate of drug-likeness (QED) is 0.843. The molecule has 1 aromatic rings. The van der Waals surface area contributed by atoms with Gasteiger partial charge >= 0.3 is 0 Å². The molecule has 0 heterocycles. The van der Waals surface area contributed by atoms with E-state index >= 15 is 0 Å². The predicted octanol–water partition coefficient (Wildman–Crippen LogP) is 4.11. The predicted molar refractivity (Wildman–Crippen MR) is 85.5 cm³/mol. The van der Waals surface area contributed by atoms with Crippen molar-refractivity contribution in [2.75, 3.05) is 6.54 Å². The molecule has 2 rings (SSSR count). The number of hydrogen-bond acceptors (Lipinski definition) is 2. The second-order valence-electron chi connectivity index (χ2n) is 6.94. The monoisotopic (exact) mass is 275 g/mol. The smallest absolute Gasteiger partial charge is 0.120 e. The minimum Gasteiger partial charge on any atom is -0.489 e. The van der Waals surface area contributed by atoms with Gasteiger partial charge in [0.25, 0.3) is 0 Å². The summed E-state index contributed by atoms with van der Waals surface area (Å²) in [6, 6.07) is 6.64. The van der Waals surface area contributed by atoms with Crippen LogP contribution < -0.4 is 10.1 Å². The summed E-state index contributed by atoms with van der Waals surface area (Å²) in [5.41, 5.74) is 3.14. The van der Waals surface area contributed by atoms with Gasteiger partial charge in [-0.3, -0.25) is 0 Å². The highest BCUT2D eigenvalue weighted by atomic mass is 16.5. The van der Waals surface area contributed by atoms with Gasteiger partial charge in [0.2, 0.25) is 0 Å². The third-order valence-electron chi connectivity index (χ3n) is 3.84. The summed E-state index contributed by atoms with van der Waals surface area (Å²) in [4.78, 5) is 0. The molecule has 0 fully saturated rings. The van der Waals surface area contributed by atoms with Crippen LogP contribution in [0.15, 0.2) is 18.2 Å². The van der Waals surface area contributed by atoms with Gasteiger partial charge in [-0.1, -0.05) is 19.4 Å². The van der Waals surface area contributed by atoms with Crippen molar-refractivity contribution in [3.63, 3.8) is 0 Å². The first-order valence-corrected chi connectivity index (χ1v) is 8.01. The maximum absolute atomic E-state index is 6.21. The largest absolute Gasteiger partial charge is 0.489 e. The second-order valence-corrected chi connectivity index (χ2v) is 6.94. The Morgan fingerprint density at radius 3 is 2.65 bits per heavy atom. The van der Waals surface area contributed by atoms with Crippen molar-refractivity contribution in [3.8, 4) is 5.75 Å². The highest BCUT2D eigenvalue weighted by molar-refractivity contribution is 5.38. The molecule has 112 valence electrons. The molecule has 0 saturated heterocycles. The first-order chi connectivity index (χ1) is 9.48. The molecule has 0 bridgehead atoms. The van der Waals surface area contributed by atoms with E-state index in [1.165, 1.54) is 30.4 Å². The fraction of sp³-hybridized carbons (Fsp3) is 0.667. The zero-order valence-corrected chi connectivity index (χ0v) is 13.5. The average molecular weight is 275 g/mol. The Morgan fingerprint density at radius 2 is 1.95 bits per heavy atom. The lowest BCUT2D eigenvalue weighted by atomic mass is 10.1. The molecule has 1 N–H and O–H groups in total. The molecule has 0 saturated carbocycles. The molecule has 0 aromatic heterocycles. The summed E-state index contributed by atoms with van der Waals surface area (Å²) in [6.45, 7) is 9.73. The normalized spacial score (nSPS) is 16.0. The molecule has 2 nitrogen and oxygen atoms in total. The summed E-state index contributed by atoms with van der Waals surface area (Å²) in [5.74, 6) is 1.04. The van der Waals surface area contributed by atoms with Gasteiger partial charge in [-0.05, 0) is 69.7 Å². The molecule has 1 unspecified atom stereocenters. The van der Waals surface area contributed by atoms with E-state index < -0.39 is 0 Å². The van der Waals surface area contributed by atoms with E-state index in [0.717, 1.165) is 25.1 Å². The van der Waals surface area contributed by atoms with E-state index in [4.69, 9.17) is 4.74 Å². The molecule has 0 spiro atoms. The van der Waals surface area contributed by atoms with Crippen molar-refractivity contribution in [3.05, 3.63) is 29.3 Å². The average Bonchev–Trinajstić information content (AvgIpc) is 2.82. The Morgan fingerprint density at radius 1 is 1.20 bits per heavy atom. The maximum Gasteiger partial charge on any atom is 0.120 e. The van der Waals surface area contributed by atoms with Crippen LogP contribution in [-0.2, 0) is 12.8 Å². The fourth-order valence-corrected chi connectivity index (χ4v) is 2.76. The Balaban J connectivity index is 1.96. The van der Waals surface area contributed by atoms with Crippen molar-refractivity contribution in [1.29, 1.82) is 0 Å². The summed E-state index contributed by atoms with van der Waals surface area (Å²) >= 11 is 0. The van der Waals surface area contributed by atoms with E-state index in [1.54, 1.807) is 0 Å². The van der Waals surface area contributed by atoms with E-state index in [1.807, 2.05) is 0 Å². The van der Waals surface area contributed by atoms with Crippen molar-refractivity contribution in [1.82, 2.24) is 5.32 Å².